The van der Waals surface area contributed by atoms with Crippen LogP contribution in [0.25, 0.3) is 0 Å². The molecule has 0 radical (unpaired) electrons. The predicted molar refractivity (Wildman–Crippen MR) is 168 cm³/mol. The van der Waals surface area contributed by atoms with Crippen LogP contribution in [-0.4, -0.2) is 67.7 Å². The van der Waals surface area contributed by atoms with Crippen molar-refractivity contribution in [3.05, 3.63) is 36.5 Å². The second kappa shape index (κ2) is 9.02. The van der Waals surface area contributed by atoms with Crippen LogP contribution in [0, 0.1) is 69.0 Å². The fourth-order valence-corrected chi connectivity index (χ4v) is 14.8. The van der Waals surface area contributed by atoms with Crippen LogP contribution in [-0.2, 0) is 28.7 Å². The first-order valence-electron chi connectivity index (χ1n) is 17.9. The molecular formula is C38H46O10. The Labute approximate surface area is 279 Å². The molecule has 8 bridgehead atoms. The first-order valence-corrected chi connectivity index (χ1v) is 17.9. The Hall–Kier alpha value is -2.98. The lowest BCUT2D eigenvalue weighted by molar-refractivity contribution is -0.163. The normalized spacial score (nSPS) is 57.2. The number of carbonyl (C=O) groups is 4. The number of fused-ring (bicyclic) bond motifs is 2. The summed E-state index contributed by atoms with van der Waals surface area (Å²) < 4.78 is 11.9. The number of hydrogen-bond acceptors (Lipinski definition) is 8. The second-order valence-electron chi connectivity index (χ2n) is 17.8. The third-order valence-corrected chi connectivity index (χ3v) is 16.5. The molecule has 2 heterocycles. The molecule has 0 aromatic rings. The van der Waals surface area contributed by atoms with Crippen molar-refractivity contribution >= 4 is 23.9 Å². The van der Waals surface area contributed by atoms with Crippen LogP contribution in [0.5, 0.6) is 0 Å². The van der Waals surface area contributed by atoms with E-state index in [1.165, 1.54) is 5.57 Å². The van der Waals surface area contributed by atoms with Gasteiger partial charge >= 0.3 is 23.9 Å². The van der Waals surface area contributed by atoms with Gasteiger partial charge in [0.1, 0.15) is 16.6 Å². The zero-order chi connectivity index (χ0) is 34.1. The molecule has 9 fully saturated rings. The minimum Gasteiger partial charge on any atom is -0.481 e. The lowest BCUT2D eigenvalue weighted by Crippen LogP contribution is -2.53. The van der Waals surface area contributed by atoms with Gasteiger partial charge < -0.3 is 29.9 Å². The molecule has 16 atom stereocenters. The molecule has 10 rings (SSSR count). The lowest BCUT2D eigenvalue weighted by atomic mass is 9.59. The topological polar surface area (TPSA) is 168 Å². The fraction of sp³-hybridized carbons (Fsp3) is 0.737. The van der Waals surface area contributed by atoms with Crippen molar-refractivity contribution in [1.29, 1.82) is 0 Å². The Kier molecular flexibility index (Phi) is 5.83. The van der Waals surface area contributed by atoms with E-state index in [1.54, 1.807) is 19.9 Å². The summed E-state index contributed by atoms with van der Waals surface area (Å²) in [7, 11) is 0. The summed E-state index contributed by atoms with van der Waals surface area (Å²) >= 11 is 0. The van der Waals surface area contributed by atoms with Crippen LogP contribution in [0.15, 0.2) is 36.5 Å². The van der Waals surface area contributed by atoms with Crippen molar-refractivity contribution in [3.8, 4) is 0 Å². The smallest absolute Gasteiger partial charge is 0.316 e. The van der Waals surface area contributed by atoms with E-state index in [2.05, 4.69) is 13.2 Å². The number of hydrogen-bond donors (Lipinski definition) is 4. The van der Waals surface area contributed by atoms with Crippen LogP contribution < -0.4 is 0 Å². The molecule has 0 aromatic carbocycles. The number of carboxylic acids is 2. The van der Waals surface area contributed by atoms with Crippen molar-refractivity contribution < 1.29 is 49.1 Å². The predicted octanol–water partition coefficient (Wildman–Crippen LogP) is 4.05. The maximum absolute atomic E-state index is 12.7. The number of carbonyl (C=O) groups excluding carboxylic acids is 2. The molecule has 2 unspecified atom stereocenters. The maximum Gasteiger partial charge on any atom is 0.316 e. The fourth-order valence-electron chi connectivity index (χ4n) is 14.8. The van der Waals surface area contributed by atoms with Gasteiger partial charge in [0, 0.05) is 23.7 Å². The molecule has 2 aliphatic heterocycles. The molecule has 0 aromatic heterocycles. The number of allylic oxidation sites excluding steroid dienone is 2. The van der Waals surface area contributed by atoms with Gasteiger partial charge in [-0.25, -0.2) is 0 Å². The average molecular weight is 663 g/mol. The van der Waals surface area contributed by atoms with E-state index in [-0.39, 0.29) is 17.3 Å². The summed E-state index contributed by atoms with van der Waals surface area (Å²) in [4.78, 5) is 50.2. The van der Waals surface area contributed by atoms with Gasteiger partial charge in [-0.05, 0) is 107 Å². The van der Waals surface area contributed by atoms with Crippen molar-refractivity contribution in [1.82, 2.24) is 0 Å². The monoisotopic (exact) mass is 662 g/mol. The number of ether oxygens (including phenoxy) is 2. The molecule has 258 valence electrons. The SMILES string of the molecule is C=C1C[C@]23C[C@H]1CC[C@H]2[C@@]12C=C[C@H](O)[C@@](C)(C(=O)O1)C2[C@@H]3C(=O)O.C=C1C[C@]23C[C@H]1CC[C@H]2[C@@]12CC[C@H](O)[C@@](C)(C(=O)O1)C2[C@@H]3C(=O)O. The second-order valence-corrected chi connectivity index (χ2v) is 17.8. The zero-order valence-electron chi connectivity index (χ0n) is 27.7. The highest BCUT2D eigenvalue weighted by Crippen LogP contribution is 2.79. The van der Waals surface area contributed by atoms with Crippen molar-refractivity contribution in [2.75, 3.05) is 0 Å². The van der Waals surface area contributed by atoms with Gasteiger partial charge in [-0.3, -0.25) is 19.2 Å². The number of rotatable bonds is 2. The van der Waals surface area contributed by atoms with Crippen LogP contribution in [0.3, 0.4) is 0 Å². The quantitative estimate of drug-likeness (QED) is 0.250. The van der Waals surface area contributed by atoms with Crippen LogP contribution >= 0.6 is 0 Å². The Morgan fingerprint density at radius 1 is 0.771 bits per heavy atom. The largest absolute Gasteiger partial charge is 0.481 e. The highest BCUT2D eigenvalue weighted by molar-refractivity contribution is 5.87. The van der Waals surface area contributed by atoms with Crippen LogP contribution in [0.1, 0.15) is 78.1 Å². The molecule has 2 saturated heterocycles. The molecular weight excluding hydrogens is 616 g/mol. The minimum absolute atomic E-state index is 0.00104. The molecule has 2 spiro atoms. The van der Waals surface area contributed by atoms with E-state index in [4.69, 9.17) is 9.47 Å². The number of aliphatic hydroxyl groups excluding tert-OH is 2. The van der Waals surface area contributed by atoms with E-state index >= 15 is 0 Å². The number of aliphatic hydroxyl groups is 2. The first kappa shape index (κ1) is 31.0. The first-order chi connectivity index (χ1) is 22.5. The molecule has 7 saturated carbocycles. The summed E-state index contributed by atoms with van der Waals surface area (Å²) in [5.74, 6) is -3.90. The molecule has 10 nitrogen and oxygen atoms in total. The summed E-state index contributed by atoms with van der Waals surface area (Å²) in [5.41, 5.74) is -2.25. The third-order valence-electron chi connectivity index (χ3n) is 16.5. The lowest BCUT2D eigenvalue weighted by Gasteiger charge is -2.44. The average Bonchev–Trinajstić information content (AvgIpc) is 3.70. The van der Waals surface area contributed by atoms with E-state index in [1.807, 2.05) is 6.08 Å². The van der Waals surface area contributed by atoms with Crippen LogP contribution in [0.4, 0.5) is 0 Å². The zero-order valence-corrected chi connectivity index (χ0v) is 27.7. The van der Waals surface area contributed by atoms with Gasteiger partial charge in [0.2, 0.25) is 0 Å². The molecule has 10 aliphatic rings. The maximum atomic E-state index is 12.7. The molecule has 4 N–H and O–H groups in total. The van der Waals surface area contributed by atoms with Gasteiger partial charge in [-0.2, -0.15) is 0 Å². The van der Waals surface area contributed by atoms with Gasteiger partial charge in [0.25, 0.3) is 0 Å². The number of carboxylic acid groups (broad SMARTS) is 2. The van der Waals surface area contributed by atoms with E-state index in [0.29, 0.717) is 31.1 Å². The van der Waals surface area contributed by atoms with Crippen molar-refractivity contribution in [3.63, 3.8) is 0 Å². The van der Waals surface area contributed by atoms with Gasteiger partial charge in [0.05, 0.1) is 29.5 Å². The summed E-state index contributed by atoms with van der Waals surface area (Å²) in [6, 6.07) is 0. The molecule has 48 heavy (non-hydrogen) atoms. The Morgan fingerprint density at radius 2 is 1.31 bits per heavy atom. The molecule has 0 amide bonds. The minimum atomic E-state index is -1.18. The van der Waals surface area contributed by atoms with E-state index in [0.717, 1.165) is 50.5 Å². The van der Waals surface area contributed by atoms with Crippen molar-refractivity contribution in [2.45, 2.75) is 101 Å². The van der Waals surface area contributed by atoms with Gasteiger partial charge in [-0.1, -0.05) is 30.4 Å². The number of aliphatic carboxylic acids is 2. The Bertz CT molecular complexity index is 1650. The summed E-state index contributed by atoms with van der Waals surface area (Å²) in [5, 5.41) is 41.4. The Morgan fingerprint density at radius 3 is 1.92 bits per heavy atom. The number of esters is 2. The highest BCUT2D eigenvalue weighted by atomic mass is 16.6. The summed E-state index contributed by atoms with van der Waals surface area (Å²) in [6.07, 6.45) is 9.64. The summed E-state index contributed by atoms with van der Waals surface area (Å²) in [6.45, 7) is 11.8. The molecule has 10 heteroatoms. The van der Waals surface area contributed by atoms with E-state index < -0.39 is 87.2 Å². The third kappa shape index (κ3) is 3.08. The Balaban J connectivity index is 0.000000131. The van der Waals surface area contributed by atoms with Crippen LogP contribution in [0.2, 0.25) is 0 Å². The van der Waals surface area contributed by atoms with Gasteiger partial charge in [0.15, 0.2) is 0 Å². The standard InChI is InChI=1S/C19H24O5.C19H22O5/c2*1-9-7-18-8-10(9)3-4-11(18)19-6-5-12(20)17(2,16(23)24-19)14(19)13(18)15(21)22/h10-14,20H,1,3-8H2,2H3,(H,21,22);5-6,10-14,20H,1,3-4,7-8H2,2H3,(H,21,22)/t2*10-,11-,12+,13-,14?,17-,18+,19-/m11/s1. The highest BCUT2D eigenvalue weighted by Gasteiger charge is 2.84. The van der Waals surface area contributed by atoms with Crippen molar-refractivity contribution in [2.24, 2.45) is 69.0 Å². The molecule has 8 aliphatic carbocycles. The van der Waals surface area contributed by atoms with Gasteiger partial charge in [-0.15, -0.1) is 0 Å². The van der Waals surface area contributed by atoms with E-state index in [9.17, 15) is 39.6 Å².